The van der Waals surface area contributed by atoms with Gasteiger partial charge in [0.25, 0.3) is 0 Å². The van der Waals surface area contributed by atoms with Gasteiger partial charge in [-0.2, -0.15) is 4.99 Å². The van der Waals surface area contributed by atoms with E-state index in [-0.39, 0.29) is 11.8 Å². The lowest BCUT2D eigenvalue weighted by Gasteiger charge is -2.36. The molecule has 2 amide bonds. The molecule has 0 aromatic heterocycles. The lowest BCUT2D eigenvalue weighted by molar-refractivity contribution is 0.167. The first kappa shape index (κ1) is 14.5. The van der Waals surface area contributed by atoms with Crippen molar-refractivity contribution >= 4 is 11.9 Å². The Morgan fingerprint density at radius 2 is 1.95 bits per heavy atom. The summed E-state index contributed by atoms with van der Waals surface area (Å²) < 4.78 is 13.0. The lowest BCUT2D eigenvalue weighted by Crippen LogP contribution is -2.54. The molecule has 0 spiro atoms. The van der Waals surface area contributed by atoms with Crippen LogP contribution in [0.1, 0.15) is 26.3 Å². The summed E-state index contributed by atoms with van der Waals surface area (Å²) in [5, 5.41) is 0. The van der Waals surface area contributed by atoms with Crippen molar-refractivity contribution in [2.45, 2.75) is 32.7 Å². The highest BCUT2D eigenvalue weighted by Gasteiger charge is 2.44. The van der Waals surface area contributed by atoms with Gasteiger partial charge in [0.05, 0.1) is 0 Å². The summed E-state index contributed by atoms with van der Waals surface area (Å²) in [5.74, 6) is 0.377. The van der Waals surface area contributed by atoms with E-state index in [1.54, 1.807) is 17.0 Å². The Morgan fingerprint density at radius 3 is 2.50 bits per heavy atom. The monoisotopic (exact) mass is 277 g/mol. The molecule has 0 radical (unpaired) electrons. The van der Waals surface area contributed by atoms with E-state index in [1.165, 1.54) is 12.1 Å². The normalized spacial score (nSPS) is 22.6. The van der Waals surface area contributed by atoms with Crippen molar-refractivity contribution in [1.29, 1.82) is 0 Å². The predicted molar refractivity (Wildman–Crippen MR) is 77.1 cm³/mol. The fourth-order valence-electron chi connectivity index (χ4n) is 2.46. The minimum atomic E-state index is -0.640. The van der Waals surface area contributed by atoms with E-state index < -0.39 is 5.54 Å². The van der Waals surface area contributed by atoms with Crippen molar-refractivity contribution in [2.24, 2.45) is 16.6 Å². The van der Waals surface area contributed by atoms with E-state index in [0.29, 0.717) is 24.7 Å². The van der Waals surface area contributed by atoms with Gasteiger partial charge < -0.3 is 10.6 Å². The number of aliphatic imine (C=N–C) groups is 1. The zero-order valence-corrected chi connectivity index (χ0v) is 12.1. The summed E-state index contributed by atoms with van der Waals surface area (Å²) >= 11 is 0. The summed E-state index contributed by atoms with van der Waals surface area (Å²) in [4.78, 5) is 17.6. The third-order valence-corrected chi connectivity index (χ3v) is 3.60. The summed E-state index contributed by atoms with van der Waals surface area (Å²) in [5.41, 5.74) is 6.25. The van der Waals surface area contributed by atoms with Crippen LogP contribution in [-0.4, -0.2) is 28.9 Å². The third-order valence-electron chi connectivity index (χ3n) is 3.60. The molecule has 0 aliphatic carbocycles. The molecule has 0 fully saturated rings. The molecule has 1 aliphatic heterocycles. The molecule has 20 heavy (non-hydrogen) atoms. The van der Waals surface area contributed by atoms with Crippen LogP contribution in [-0.2, 0) is 6.42 Å². The van der Waals surface area contributed by atoms with Crippen LogP contribution in [0.2, 0.25) is 0 Å². The molecule has 2 N–H and O–H groups in total. The summed E-state index contributed by atoms with van der Waals surface area (Å²) in [6, 6.07) is 5.96. The van der Waals surface area contributed by atoms with Gasteiger partial charge in [-0.25, -0.2) is 9.18 Å². The average molecular weight is 277 g/mol. The number of urea groups is 1. The molecule has 1 aliphatic rings. The maximum atomic E-state index is 13.0. The zero-order chi connectivity index (χ0) is 14.9. The number of amides is 2. The Hall–Kier alpha value is -1.91. The molecular formula is C15H20FN3O. The maximum absolute atomic E-state index is 13.0. The molecule has 5 heteroatoms. The third kappa shape index (κ3) is 2.66. The van der Waals surface area contributed by atoms with Crippen LogP contribution in [0.25, 0.3) is 0 Å². The van der Waals surface area contributed by atoms with Gasteiger partial charge in [0.15, 0.2) is 0 Å². The minimum Gasteiger partial charge on any atom is -0.385 e. The van der Waals surface area contributed by atoms with Gasteiger partial charge >= 0.3 is 6.03 Å². The first-order valence-electron chi connectivity index (χ1n) is 6.73. The van der Waals surface area contributed by atoms with Crippen LogP contribution in [0, 0.1) is 11.7 Å². The number of hydrogen-bond acceptors (Lipinski definition) is 2. The number of carbonyl (C=O) groups is 1. The number of carbonyl (C=O) groups excluding carboxylic acids is 1. The first-order chi connectivity index (χ1) is 9.33. The van der Waals surface area contributed by atoms with Crippen LogP contribution in [0.3, 0.4) is 0 Å². The van der Waals surface area contributed by atoms with E-state index in [2.05, 4.69) is 4.99 Å². The molecule has 1 aromatic carbocycles. The lowest BCUT2D eigenvalue weighted by atomic mass is 9.90. The van der Waals surface area contributed by atoms with Crippen molar-refractivity contribution in [3.05, 3.63) is 35.6 Å². The number of rotatable bonds is 4. The van der Waals surface area contributed by atoms with Crippen molar-refractivity contribution in [1.82, 2.24) is 4.90 Å². The van der Waals surface area contributed by atoms with E-state index in [0.717, 1.165) is 5.56 Å². The second kappa shape index (κ2) is 5.23. The van der Waals surface area contributed by atoms with Gasteiger partial charge in [-0.1, -0.05) is 26.0 Å². The van der Waals surface area contributed by atoms with Gasteiger partial charge in [0, 0.05) is 13.0 Å². The topological polar surface area (TPSA) is 58.7 Å². The number of benzene rings is 1. The highest BCUT2D eigenvalue weighted by Crippen LogP contribution is 2.28. The highest BCUT2D eigenvalue weighted by atomic mass is 19.1. The Bertz CT molecular complexity index is 539. The highest BCUT2D eigenvalue weighted by molar-refractivity contribution is 6.05. The molecule has 0 bridgehead atoms. The maximum Gasteiger partial charge on any atom is 0.346 e. The fourth-order valence-corrected chi connectivity index (χ4v) is 2.46. The molecule has 1 heterocycles. The van der Waals surface area contributed by atoms with Gasteiger partial charge in [0.1, 0.15) is 17.2 Å². The number of nitrogens with two attached hydrogens (primary N) is 1. The Labute approximate surface area is 118 Å². The summed E-state index contributed by atoms with van der Waals surface area (Å²) in [6.07, 6.45) is 0.529. The van der Waals surface area contributed by atoms with Crippen molar-refractivity contribution < 1.29 is 9.18 Å². The number of halogens is 1. The molecule has 0 saturated carbocycles. The Balaban J connectivity index is 2.27. The Morgan fingerprint density at radius 1 is 1.35 bits per heavy atom. The minimum absolute atomic E-state index is 0.276. The van der Waals surface area contributed by atoms with E-state index in [1.807, 2.05) is 20.8 Å². The van der Waals surface area contributed by atoms with Crippen LogP contribution in [0.4, 0.5) is 9.18 Å². The molecule has 2 rings (SSSR count). The Kier molecular flexibility index (Phi) is 3.79. The first-order valence-corrected chi connectivity index (χ1v) is 6.73. The summed E-state index contributed by atoms with van der Waals surface area (Å²) in [7, 11) is 0. The van der Waals surface area contributed by atoms with Crippen LogP contribution >= 0.6 is 0 Å². The molecule has 1 unspecified atom stereocenters. The average Bonchev–Trinajstić information content (AvgIpc) is 2.56. The van der Waals surface area contributed by atoms with E-state index in [9.17, 15) is 9.18 Å². The van der Waals surface area contributed by atoms with Gasteiger partial charge in [-0.3, -0.25) is 0 Å². The second-order valence-electron chi connectivity index (χ2n) is 5.86. The SMILES string of the molecule is CC(C)CN1C(=O)N=C(N)C1(C)Cc1ccc(F)cc1. The van der Waals surface area contributed by atoms with Gasteiger partial charge in [-0.05, 0) is 30.5 Å². The van der Waals surface area contributed by atoms with E-state index >= 15 is 0 Å². The predicted octanol–water partition coefficient (Wildman–Crippen LogP) is 2.58. The standard InChI is InChI=1S/C15H20FN3O/c1-10(2)9-19-14(20)18-13(17)15(19,3)8-11-4-6-12(16)7-5-11/h4-7,10H,8-9H2,1-3H3,(H2,17,18,20). The zero-order valence-electron chi connectivity index (χ0n) is 12.1. The molecular weight excluding hydrogens is 257 g/mol. The van der Waals surface area contributed by atoms with Crippen LogP contribution < -0.4 is 5.73 Å². The molecule has 108 valence electrons. The van der Waals surface area contributed by atoms with Crippen molar-refractivity contribution in [3.8, 4) is 0 Å². The smallest absolute Gasteiger partial charge is 0.346 e. The molecule has 4 nitrogen and oxygen atoms in total. The van der Waals surface area contributed by atoms with Gasteiger partial charge in [-0.15, -0.1) is 0 Å². The quantitative estimate of drug-likeness (QED) is 0.919. The van der Waals surface area contributed by atoms with E-state index in [4.69, 9.17) is 5.73 Å². The second-order valence-corrected chi connectivity index (χ2v) is 5.86. The molecule has 0 saturated heterocycles. The fraction of sp³-hybridized carbons (Fsp3) is 0.467. The van der Waals surface area contributed by atoms with Gasteiger partial charge in [0.2, 0.25) is 0 Å². The molecule has 1 aromatic rings. The number of hydrogen-bond donors (Lipinski definition) is 1. The number of nitrogens with zero attached hydrogens (tertiary/aromatic N) is 2. The largest absolute Gasteiger partial charge is 0.385 e. The van der Waals surface area contributed by atoms with Crippen LogP contribution in [0.5, 0.6) is 0 Å². The van der Waals surface area contributed by atoms with Crippen molar-refractivity contribution in [3.63, 3.8) is 0 Å². The molecule has 1 atom stereocenters. The van der Waals surface area contributed by atoms with Crippen molar-refractivity contribution in [2.75, 3.05) is 6.54 Å². The number of amidine groups is 1. The van der Waals surface area contributed by atoms with Crippen LogP contribution in [0.15, 0.2) is 29.3 Å². The summed E-state index contributed by atoms with van der Waals surface area (Å²) in [6.45, 7) is 6.59.